The van der Waals surface area contributed by atoms with Crippen molar-refractivity contribution in [2.24, 2.45) is 5.92 Å². The Labute approximate surface area is 328 Å². The predicted molar refractivity (Wildman–Crippen MR) is 198 cm³/mol. The second kappa shape index (κ2) is 21.3. The van der Waals surface area contributed by atoms with Crippen LogP contribution in [0.3, 0.4) is 0 Å². The molecule has 2 amide bonds. The average Bonchev–Trinajstić information content (AvgIpc) is 3.46. The van der Waals surface area contributed by atoms with E-state index in [2.05, 4.69) is 32.0 Å². The van der Waals surface area contributed by atoms with Gasteiger partial charge in [-0.1, -0.05) is 67.3 Å². The van der Waals surface area contributed by atoms with Crippen molar-refractivity contribution in [3.05, 3.63) is 70.2 Å². The van der Waals surface area contributed by atoms with E-state index in [1.165, 1.54) is 36.6 Å². The van der Waals surface area contributed by atoms with Gasteiger partial charge in [0.1, 0.15) is 6.04 Å². The average molecular weight is 840 g/mol. The molecule has 11 nitrogen and oxygen atoms in total. The third kappa shape index (κ3) is 16.1. The molecule has 0 aromatic heterocycles. The van der Waals surface area contributed by atoms with Crippen molar-refractivity contribution in [2.75, 3.05) is 46.0 Å². The number of piperazine rings is 1. The van der Waals surface area contributed by atoms with Gasteiger partial charge in [0.2, 0.25) is 34.4 Å². The lowest BCUT2D eigenvalue weighted by molar-refractivity contribution is -0.156. The molecule has 2 aliphatic heterocycles. The second-order valence-corrected chi connectivity index (χ2v) is 16.3. The first-order valence-electron chi connectivity index (χ1n) is 18.0. The van der Waals surface area contributed by atoms with Crippen LogP contribution in [0, 0.1) is 5.92 Å². The number of hydrogen-bond donors (Lipinski definition) is 2. The molecule has 1 saturated carbocycles. The largest absolute Gasteiger partial charge is 0.446 e. The van der Waals surface area contributed by atoms with Crippen LogP contribution in [-0.2, 0) is 42.2 Å². The smallest absolute Gasteiger partial charge is 0.344 e. The Bertz CT molecular complexity index is 1680. The molecule has 2 fully saturated rings. The normalized spacial score (nSPS) is 19.3. The summed E-state index contributed by atoms with van der Waals surface area (Å²) in [4.78, 5) is 51.3. The predicted octanol–water partition coefficient (Wildman–Crippen LogP) is 5.08. The summed E-state index contributed by atoms with van der Waals surface area (Å²) in [5, 5.41) is 3.72. The molecule has 19 heteroatoms. The van der Waals surface area contributed by atoms with Gasteiger partial charge in [-0.2, -0.15) is 26.3 Å². The maximum Gasteiger partial charge on any atom is 0.446 e. The number of nitrogens with one attached hydrogen (secondary N) is 2. The molecule has 2 aromatic carbocycles. The van der Waals surface area contributed by atoms with E-state index in [-0.39, 0.29) is 30.3 Å². The molecule has 2 N–H and O–H groups in total. The Balaban J connectivity index is 0.000000609. The number of carbonyl (C=O) groups is 4. The van der Waals surface area contributed by atoms with Crippen molar-refractivity contribution >= 4 is 46.0 Å². The molecule has 1 saturated heterocycles. The van der Waals surface area contributed by atoms with Gasteiger partial charge in [0, 0.05) is 69.2 Å². The Morgan fingerprint density at radius 3 is 1.98 bits per heavy atom. The van der Waals surface area contributed by atoms with Crippen molar-refractivity contribution in [2.45, 2.75) is 82.0 Å². The summed E-state index contributed by atoms with van der Waals surface area (Å²) in [5.41, 5.74) is 3.33. The molecule has 0 bridgehead atoms. The van der Waals surface area contributed by atoms with Gasteiger partial charge in [-0.15, -0.1) is 0 Å². The maximum absolute atomic E-state index is 14.0. The van der Waals surface area contributed by atoms with Gasteiger partial charge in [0.15, 0.2) is 0 Å². The minimum Gasteiger partial charge on any atom is -0.344 e. The molecule has 0 radical (unpaired) electrons. The molecule has 1 aliphatic carbocycles. The zero-order valence-corrected chi connectivity index (χ0v) is 32.7. The van der Waals surface area contributed by atoms with Crippen molar-refractivity contribution in [1.82, 2.24) is 24.7 Å². The van der Waals surface area contributed by atoms with Crippen LogP contribution < -0.4 is 10.0 Å². The molecule has 2 aromatic rings. The monoisotopic (exact) mass is 839 g/mol. The summed E-state index contributed by atoms with van der Waals surface area (Å²) in [6.45, 7) is 3.60. The van der Waals surface area contributed by atoms with Gasteiger partial charge >= 0.3 is 12.4 Å². The van der Waals surface area contributed by atoms with Gasteiger partial charge in [-0.25, -0.2) is 13.1 Å². The fraction of sp³-hybridized carbons (Fsp3) is 0.568. The summed E-state index contributed by atoms with van der Waals surface area (Å²) in [5.74, 6) is 0.210. The first kappa shape index (κ1) is 46.8. The molecule has 56 heavy (non-hydrogen) atoms. The number of fused-ring (bicyclic) bond motifs is 1. The van der Waals surface area contributed by atoms with E-state index in [0.717, 1.165) is 24.9 Å². The van der Waals surface area contributed by atoms with Gasteiger partial charge in [0.05, 0.1) is 6.26 Å². The Morgan fingerprint density at radius 2 is 1.45 bits per heavy atom. The van der Waals surface area contributed by atoms with E-state index in [1.54, 1.807) is 12.1 Å². The van der Waals surface area contributed by atoms with Crippen LogP contribution in [0.25, 0.3) is 0 Å². The maximum atomic E-state index is 14.0. The van der Waals surface area contributed by atoms with Crippen LogP contribution in [0.2, 0.25) is 5.02 Å². The lowest BCUT2D eigenvalue weighted by Crippen LogP contribution is -2.59. The van der Waals surface area contributed by atoms with Crippen molar-refractivity contribution < 1.29 is 53.9 Å². The Hall–Kier alpha value is -3.58. The van der Waals surface area contributed by atoms with Gasteiger partial charge in [0.25, 0.3) is 0 Å². The Morgan fingerprint density at radius 1 is 0.893 bits per heavy atom. The van der Waals surface area contributed by atoms with Crippen LogP contribution in [0.4, 0.5) is 26.3 Å². The molecule has 2 unspecified atom stereocenters. The Kier molecular flexibility index (Phi) is 17.8. The summed E-state index contributed by atoms with van der Waals surface area (Å²) in [7, 11) is -1.27. The summed E-state index contributed by atoms with van der Waals surface area (Å²) in [6, 6.07) is 15.0. The molecule has 3 atom stereocenters. The number of hydrogen-bond acceptors (Lipinski definition) is 8. The quantitative estimate of drug-likeness (QED) is 0.237. The molecule has 2 heterocycles. The zero-order chi connectivity index (χ0) is 41.7. The lowest BCUT2D eigenvalue weighted by Gasteiger charge is -2.44. The lowest BCUT2D eigenvalue weighted by atomic mass is 9.83. The molecular formula is C37H48ClF6N5O6S. The van der Waals surface area contributed by atoms with E-state index < -0.39 is 41.0 Å². The highest BCUT2D eigenvalue weighted by Gasteiger charge is 2.36. The topological polar surface area (TPSA) is 136 Å². The number of carbonyl (C=O) groups excluding carboxylic acids is 4. The van der Waals surface area contributed by atoms with Crippen LogP contribution in [0.1, 0.15) is 61.3 Å². The molecular weight excluding hydrogens is 792 g/mol. The third-order valence-electron chi connectivity index (χ3n) is 9.84. The number of rotatable bonds is 11. The standard InChI is InChI=1S/C33H46ClN5O4S.2C2HF3O/c1-37-23-26-10-6-7-11-28(26)30(37)21-32(40)36-29(20-24-12-14-27(34)15-13-24)33(41)39-18-16-38(17-19-39)31(22-35-44(2,42)43)25-8-4-3-5-9-25;2*3-2(4,5)1-6/h6-7,10-15,25,29-31,35H,3-5,8-9,16-23H2,1-2H3,(H,36,40);2*1H/t29-,30?,31?;;/m1../s1. The van der Waals surface area contributed by atoms with Crippen molar-refractivity contribution in [1.29, 1.82) is 0 Å². The minimum absolute atomic E-state index is 0.0294. The van der Waals surface area contributed by atoms with Crippen molar-refractivity contribution in [3.63, 3.8) is 0 Å². The number of benzene rings is 2. The first-order chi connectivity index (χ1) is 26.2. The molecule has 312 valence electrons. The molecule has 3 aliphatic rings. The minimum atomic E-state index is -4.64. The zero-order valence-electron chi connectivity index (χ0n) is 31.1. The van der Waals surface area contributed by atoms with Gasteiger partial charge in [-0.05, 0) is 54.6 Å². The number of alkyl halides is 6. The summed E-state index contributed by atoms with van der Waals surface area (Å²) < 4.78 is 89.1. The summed E-state index contributed by atoms with van der Waals surface area (Å²) >= 11 is 6.12. The molecule has 5 rings (SSSR count). The third-order valence-corrected chi connectivity index (χ3v) is 10.8. The fourth-order valence-corrected chi connectivity index (χ4v) is 7.81. The van der Waals surface area contributed by atoms with E-state index in [0.29, 0.717) is 50.1 Å². The molecule has 0 spiro atoms. The highest BCUT2D eigenvalue weighted by Crippen LogP contribution is 2.34. The van der Waals surface area contributed by atoms with E-state index in [1.807, 2.05) is 36.2 Å². The second-order valence-electron chi connectivity index (χ2n) is 14.1. The van der Waals surface area contributed by atoms with Gasteiger partial charge < -0.3 is 10.2 Å². The number of sulfonamides is 1. The number of halogens is 7. The SMILES string of the molecule is CN1Cc2ccccc2C1CC(=O)N[C@H](Cc1ccc(Cl)cc1)C(=O)N1CCN(C(CNS(C)(=O)=O)C2CCCCC2)CC1.O=CC(F)(F)F.O=CC(F)(F)F. The van der Waals surface area contributed by atoms with E-state index in [4.69, 9.17) is 21.2 Å². The van der Waals surface area contributed by atoms with Crippen LogP contribution in [-0.4, -0.2) is 118 Å². The van der Waals surface area contributed by atoms with Crippen LogP contribution in [0.15, 0.2) is 48.5 Å². The van der Waals surface area contributed by atoms with Crippen molar-refractivity contribution in [3.8, 4) is 0 Å². The number of nitrogens with zero attached hydrogens (tertiary/aromatic N) is 3. The fourth-order valence-electron chi connectivity index (χ4n) is 7.21. The summed E-state index contributed by atoms with van der Waals surface area (Å²) in [6.07, 6.45) is -3.75. The highest BCUT2D eigenvalue weighted by molar-refractivity contribution is 7.88. The van der Waals surface area contributed by atoms with Gasteiger partial charge in [-0.3, -0.25) is 29.0 Å². The van der Waals surface area contributed by atoms with E-state index >= 15 is 0 Å². The number of amides is 2. The highest BCUT2D eigenvalue weighted by atomic mass is 35.5. The van der Waals surface area contributed by atoms with Crippen LogP contribution in [0.5, 0.6) is 0 Å². The van der Waals surface area contributed by atoms with Crippen LogP contribution >= 0.6 is 11.6 Å². The van der Waals surface area contributed by atoms with E-state index in [9.17, 15) is 44.3 Å². The first-order valence-corrected chi connectivity index (χ1v) is 20.3. The number of aldehydes is 2.